The van der Waals surface area contributed by atoms with Gasteiger partial charge in [0.2, 0.25) is 0 Å². The van der Waals surface area contributed by atoms with Crippen LogP contribution in [0.5, 0.6) is 0 Å². The molecule has 1 rings (SSSR count). The van der Waals surface area contributed by atoms with Crippen molar-refractivity contribution in [2.45, 2.75) is 91.3 Å². The molecule has 0 atom stereocenters. The maximum Gasteiger partial charge on any atom is 0.333 e. The molecule has 0 aromatic heterocycles. The largest absolute Gasteiger partial charge is 0.466 e. The zero-order chi connectivity index (χ0) is 21.2. The summed E-state index contributed by atoms with van der Waals surface area (Å²) in [6.45, 7) is 13.0. The van der Waals surface area contributed by atoms with Gasteiger partial charge in [-0.15, -0.1) is 0 Å². The van der Waals surface area contributed by atoms with E-state index in [1.807, 2.05) is 13.8 Å². The minimum Gasteiger partial charge on any atom is -0.466 e. The lowest BCUT2D eigenvalue weighted by atomic mass is 9.95. The Morgan fingerprint density at radius 2 is 1.14 bits per heavy atom. The predicted octanol–water partition coefficient (Wildman–Crippen LogP) is 4.60. The van der Waals surface area contributed by atoms with Gasteiger partial charge in [0.15, 0.2) is 0 Å². The van der Waals surface area contributed by atoms with E-state index in [0.717, 1.165) is 58.0 Å². The Balaban J connectivity index is 0.00000352. The van der Waals surface area contributed by atoms with Crippen molar-refractivity contribution in [2.75, 3.05) is 26.4 Å². The molecule has 0 unspecified atom stereocenters. The molecule has 1 aliphatic rings. The second-order valence-corrected chi connectivity index (χ2v) is 6.81. The van der Waals surface area contributed by atoms with Gasteiger partial charge in [-0.1, -0.05) is 20.4 Å². The highest BCUT2D eigenvalue weighted by atomic mass is 16.5. The number of carbonyl (C=O) groups is 2. The lowest BCUT2D eigenvalue weighted by molar-refractivity contribution is -0.141. The molecule has 1 aliphatic carbocycles. The number of rotatable bonds is 13. The van der Waals surface area contributed by atoms with E-state index in [1.54, 1.807) is 6.92 Å². The average Bonchev–Trinajstić information content (AvgIpc) is 2.69. The van der Waals surface area contributed by atoms with Crippen molar-refractivity contribution >= 4 is 11.9 Å². The van der Waals surface area contributed by atoms with Crippen LogP contribution in [0.4, 0.5) is 0 Å². The van der Waals surface area contributed by atoms with E-state index in [-0.39, 0.29) is 11.9 Å². The lowest BCUT2D eigenvalue weighted by Crippen LogP contribution is -2.27. The van der Waals surface area contributed by atoms with Crippen LogP contribution in [0.15, 0.2) is 12.2 Å². The molecule has 6 nitrogen and oxygen atoms in total. The fourth-order valence-corrected chi connectivity index (χ4v) is 2.78. The van der Waals surface area contributed by atoms with Crippen LogP contribution >= 0.6 is 0 Å². The summed E-state index contributed by atoms with van der Waals surface area (Å²) < 4.78 is 21.7. The van der Waals surface area contributed by atoms with Gasteiger partial charge in [0.1, 0.15) is 0 Å². The van der Waals surface area contributed by atoms with Crippen LogP contribution in [0.3, 0.4) is 0 Å². The van der Waals surface area contributed by atoms with E-state index < -0.39 is 0 Å². The molecule has 0 aromatic carbocycles. The van der Waals surface area contributed by atoms with Crippen LogP contribution < -0.4 is 0 Å². The van der Waals surface area contributed by atoms with Crippen molar-refractivity contribution in [3.8, 4) is 0 Å². The number of carbonyl (C=O) groups excluding carboxylic acids is 2. The second-order valence-electron chi connectivity index (χ2n) is 6.81. The maximum absolute atomic E-state index is 11.2. The standard InChI is InChI=1S/C20H34O6.C2H6/c1-16(2)20(22)26-15-7-6-14-25-19-10-8-18(9-11-19)24-13-5-4-12-23-17(3)21;1-2/h18-19H,1,4-15H2,2-3H3;1-2H3. The molecule has 0 bridgehead atoms. The molecular formula is C22H40O6. The highest BCUT2D eigenvalue weighted by Gasteiger charge is 2.21. The third kappa shape index (κ3) is 14.6. The molecule has 0 heterocycles. The van der Waals surface area contributed by atoms with Crippen molar-refractivity contribution in [1.82, 2.24) is 0 Å². The summed E-state index contributed by atoms with van der Waals surface area (Å²) in [5.74, 6) is -0.548. The fourth-order valence-electron chi connectivity index (χ4n) is 2.78. The Morgan fingerprint density at radius 1 is 0.750 bits per heavy atom. The molecule has 28 heavy (non-hydrogen) atoms. The zero-order valence-corrected chi connectivity index (χ0v) is 18.3. The lowest BCUT2D eigenvalue weighted by Gasteiger charge is -2.28. The van der Waals surface area contributed by atoms with Crippen LogP contribution in [-0.4, -0.2) is 50.6 Å². The van der Waals surface area contributed by atoms with E-state index in [1.165, 1.54) is 6.92 Å². The van der Waals surface area contributed by atoms with Crippen molar-refractivity contribution in [3.63, 3.8) is 0 Å². The fraction of sp³-hybridized carbons (Fsp3) is 0.818. The average molecular weight is 401 g/mol. The minimum absolute atomic E-state index is 0.225. The monoisotopic (exact) mass is 400 g/mol. The van der Waals surface area contributed by atoms with E-state index >= 15 is 0 Å². The molecule has 6 heteroatoms. The van der Waals surface area contributed by atoms with Crippen LogP contribution in [0.2, 0.25) is 0 Å². The predicted molar refractivity (Wildman–Crippen MR) is 110 cm³/mol. The minimum atomic E-state index is -0.324. The molecule has 0 saturated heterocycles. The van der Waals surface area contributed by atoms with Gasteiger partial charge in [0.05, 0.1) is 25.4 Å². The van der Waals surface area contributed by atoms with Crippen LogP contribution in [0.25, 0.3) is 0 Å². The second kappa shape index (κ2) is 17.7. The maximum atomic E-state index is 11.2. The number of unbranched alkanes of at least 4 members (excludes halogenated alkanes) is 2. The molecule has 1 saturated carbocycles. The molecular weight excluding hydrogens is 360 g/mol. The molecule has 1 fully saturated rings. The van der Waals surface area contributed by atoms with Crippen molar-refractivity contribution in [3.05, 3.63) is 12.2 Å². The summed E-state index contributed by atoms with van der Waals surface area (Å²) in [5.41, 5.74) is 0.435. The smallest absolute Gasteiger partial charge is 0.333 e. The van der Waals surface area contributed by atoms with Gasteiger partial charge in [-0.3, -0.25) is 4.79 Å². The van der Waals surface area contributed by atoms with Gasteiger partial charge in [-0.25, -0.2) is 4.79 Å². The molecule has 0 radical (unpaired) electrons. The molecule has 0 aromatic rings. The third-order valence-corrected chi connectivity index (χ3v) is 4.29. The van der Waals surface area contributed by atoms with E-state index in [9.17, 15) is 9.59 Å². The highest BCUT2D eigenvalue weighted by molar-refractivity contribution is 5.86. The first kappa shape index (κ1) is 26.6. The Bertz CT molecular complexity index is 427. The van der Waals surface area contributed by atoms with Gasteiger partial charge in [0, 0.05) is 25.7 Å². The first-order valence-electron chi connectivity index (χ1n) is 10.7. The van der Waals surface area contributed by atoms with Crippen LogP contribution in [0, 0.1) is 0 Å². The Morgan fingerprint density at radius 3 is 1.54 bits per heavy atom. The summed E-state index contributed by atoms with van der Waals surface area (Å²) in [6, 6.07) is 0. The quantitative estimate of drug-likeness (QED) is 0.256. The Kier molecular flexibility index (Phi) is 16.8. The zero-order valence-electron chi connectivity index (χ0n) is 18.3. The SMILES string of the molecule is C=C(C)C(=O)OCCCCOC1CCC(OCCCCOC(C)=O)CC1.CC. The topological polar surface area (TPSA) is 71.1 Å². The molecule has 164 valence electrons. The van der Waals surface area contributed by atoms with Crippen LogP contribution in [0.1, 0.15) is 79.1 Å². The van der Waals surface area contributed by atoms with Crippen molar-refractivity contribution in [1.29, 1.82) is 0 Å². The highest BCUT2D eigenvalue weighted by Crippen LogP contribution is 2.23. The van der Waals surface area contributed by atoms with E-state index in [4.69, 9.17) is 18.9 Å². The van der Waals surface area contributed by atoms with Crippen LogP contribution in [-0.2, 0) is 28.5 Å². The summed E-state index contributed by atoms with van der Waals surface area (Å²) in [7, 11) is 0. The molecule has 0 spiro atoms. The number of esters is 2. The number of hydrogen-bond acceptors (Lipinski definition) is 6. The van der Waals surface area contributed by atoms with Crippen molar-refractivity contribution < 1.29 is 28.5 Å². The van der Waals surface area contributed by atoms with E-state index in [2.05, 4.69) is 6.58 Å². The summed E-state index contributed by atoms with van der Waals surface area (Å²) in [5, 5.41) is 0. The first-order valence-corrected chi connectivity index (χ1v) is 10.7. The van der Waals surface area contributed by atoms with Gasteiger partial charge in [-0.05, 0) is 58.3 Å². The number of ether oxygens (including phenoxy) is 4. The van der Waals surface area contributed by atoms with Gasteiger partial charge >= 0.3 is 11.9 Å². The normalized spacial score (nSPS) is 18.6. The summed E-state index contributed by atoms with van der Waals surface area (Å²) in [4.78, 5) is 21.9. The molecule has 0 N–H and O–H groups in total. The van der Waals surface area contributed by atoms with Crippen molar-refractivity contribution in [2.24, 2.45) is 0 Å². The Labute approximate surface area is 170 Å². The third-order valence-electron chi connectivity index (χ3n) is 4.29. The number of hydrogen-bond donors (Lipinski definition) is 0. The Hall–Kier alpha value is -1.40. The summed E-state index contributed by atoms with van der Waals surface area (Å²) >= 11 is 0. The van der Waals surface area contributed by atoms with Gasteiger partial charge in [-0.2, -0.15) is 0 Å². The van der Waals surface area contributed by atoms with E-state index in [0.29, 0.717) is 37.6 Å². The molecule has 0 amide bonds. The van der Waals surface area contributed by atoms with Gasteiger partial charge < -0.3 is 18.9 Å². The molecule has 0 aliphatic heterocycles. The first-order chi connectivity index (χ1) is 13.5. The van der Waals surface area contributed by atoms with Gasteiger partial charge in [0.25, 0.3) is 0 Å². The summed E-state index contributed by atoms with van der Waals surface area (Å²) in [6.07, 6.45) is 8.23.